The van der Waals surface area contributed by atoms with Crippen LogP contribution in [0.3, 0.4) is 0 Å². The largest absolute Gasteiger partial charge is 0.362 e. The van der Waals surface area contributed by atoms with E-state index in [4.69, 9.17) is 4.55 Å². The van der Waals surface area contributed by atoms with E-state index < -0.39 is 16.2 Å². The summed E-state index contributed by atoms with van der Waals surface area (Å²) in [6.07, 6.45) is 0. The van der Waals surface area contributed by atoms with Gasteiger partial charge >= 0.3 is 10.3 Å². The van der Waals surface area contributed by atoms with Crippen LogP contribution in [0.4, 0.5) is 0 Å². The van der Waals surface area contributed by atoms with Gasteiger partial charge in [0.2, 0.25) is 5.91 Å². The van der Waals surface area contributed by atoms with Crippen molar-refractivity contribution >= 4 is 28.6 Å². The Labute approximate surface area is 71.7 Å². The summed E-state index contributed by atoms with van der Waals surface area (Å²) < 4.78 is 29.2. The highest BCUT2D eigenvalue weighted by molar-refractivity contribution is 7.83. The zero-order valence-corrected chi connectivity index (χ0v) is 7.78. The molecule has 0 rings (SSSR count). The van der Waals surface area contributed by atoms with Gasteiger partial charge in [0.05, 0.1) is 0 Å². The molecule has 0 aliphatic rings. The Kier molecular flexibility index (Phi) is 5.46. The van der Waals surface area contributed by atoms with E-state index in [9.17, 15) is 13.2 Å². The van der Waals surface area contributed by atoms with Crippen LogP contribution in [0.25, 0.3) is 0 Å². The maximum Gasteiger partial charge on any atom is 0.362 e. The predicted octanol–water partition coefficient (Wildman–Crippen LogP) is 0.0794. The number of rotatable bonds is 2. The minimum Gasteiger partial charge on any atom is -0.274 e. The number of carbonyl (C=O) groups is 1. The second-order valence-corrected chi connectivity index (χ2v) is 3.00. The minimum atomic E-state index is -4.33. The molecule has 0 bridgehead atoms. The fourth-order valence-electron chi connectivity index (χ4n) is 0.548. The van der Waals surface area contributed by atoms with Gasteiger partial charge in [-0.05, 0) is 6.92 Å². The van der Waals surface area contributed by atoms with E-state index in [1.54, 1.807) is 0 Å². The Bertz CT molecular complexity index is 224. The summed E-state index contributed by atoms with van der Waals surface area (Å²) in [6.45, 7) is 2.47. The lowest BCUT2D eigenvalue weighted by Crippen LogP contribution is -2.34. The van der Waals surface area contributed by atoms with Crippen molar-refractivity contribution < 1.29 is 17.8 Å². The molecule has 0 aliphatic carbocycles. The Balaban J connectivity index is 0. The quantitative estimate of drug-likeness (QED) is 0.645. The van der Waals surface area contributed by atoms with E-state index in [0.717, 1.165) is 6.92 Å². The molecule has 5 nitrogen and oxygen atoms in total. The molecule has 0 atom stereocenters. The Hall–Kier alpha value is -0.330. The predicted molar refractivity (Wildman–Crippen MR) is 41.9 cm³/mol. The van der Waals surface area contributed by atoms with Crippen LogP contribution in [-0.4, -0.2) is 29.7 Å². The van der Waals surface area contributed by atoms with E-state index >= 15 is 0 Å². The number of amides is 1. The first-order valence-corrected chi connectivity index (χ1v) is 4.05. The van der Waals surface area contributed by atoms with Gasteiger partial charge in [-0.3, -0.25) is 9.35 Å². The topological polar surface area (TPSA) is 74.7 Å². The molecule has 0 saturated carbocycles. The molecule has 0 aliphatic heterocycles. The zero-order chi connectivity index (χ0) is 8.36. The summed E-state index contributed by atoms with van der Waals surface area (Å²) in [7, 11) is -4.33. The van der Waals surface area contributed by atoms with Crippen LogP contribution in [0.2, 0.25) is 0 Å². The number of carbonyl (C=O) groups excluding carboxylic acids is 1. The van der Waals surface area contributed by atoms with Crippen LogP contribution in [0, 0.1) is 0 Å². The second kappa shape index (κ2) is 4.53. The van der Waals surface area contributed by atoms with E-state index in [2.05, 4.69) is 0 Å². The average molecular weight is 204 g/mol. The first-order chi connectivity index (χ1) is 4.39. The van der Waals surface area contributed by atoms with Crippen molar-refractivity contribution in [2.75, 3.05) is 6.54 Å². The molecule has 11 heavy (non-hydrogen) atoms. The summed E-state index contributed by atoms with van der Waals surface area (Å²) >= 11 is 0. The molecular weight excluding hydrogens is 194 g/mol. The molecule has 1 amide bonds. The highest BCUT2D eigenvalue weighted by Gasteiger charge is 2.18. The molecule has 7 heteroatoms. The Morgan fingerprint density at radius 3 is 1.91 bits per heavy atom. The van der Waals surface area contributed by atoms with Crippen LogP contribution in [-0.2, 0) is 15.1 Å². The van der Waals surface area contributed by atoms with Crippen LogP contribution >= 0.6 is 12.4 Å². The Morgan fingerprint density at radius 2 is 1.91 bits per heavy atom. The van der Waals surface area contributed by atoms with E-state index in [-0.39, 0.29) is 19.0 Å². The lowest BCUT2D eigenvalue weighted by molar-refractivity contribution is -0.124. The van der Waals surface area contributed by atoms with Gasteiger partial charge in [0.25, 0.3) is 0 Å². The van der Waals surface area contributed by atoms with Gasteiger partial charge in [-0.25, -0.2) is 4.31 Å². The van der Waals surface area contributed by atoms with Gasteiger partial charge < -0.3 is 0 Å². The molecule has 0 aromatic rings. The van der Waals surface area contributed by atoms with Crippen LogP contribution in [0.5, 0.6) is 0 Å². The summed E-state index contributed by atoms with van der Waals surface area (Å²) in [4.78, 5) is 10.4. The van der Waals surface area contributed by atoms with Crippen molar-refractivity contribution in [3.05, 3.63) is 0 Å². The molecule has 0 fully saturated rings. The van der Waals surface area contributed by atoms with Crippen LogP contribution in [0.1, 0.15) is 13.8 Å². The lowest BCUT2D eigenvalue weighted by Gasteiger charge is -2.12. The molecule has 0 aromatic heterocycles. The van der Waals surface area contributed by atoms with E-state index in [1.165, 1.54) is 6.92 Å². The van der Waals surface area contributed by atoms with Gasteiger partial charge in [0.1, 0.15) is 0 Å². The smallest absolute Gasteiger partial charge is 0.274 e. The van der Waals surface area contributed by atoms with Gasteiger partial charge in [0, 0.05) is 13.5 Å². The molecule has 0 spiro atoms. The summed E-state index contributed by atoms with van der Waals surface area (Å²) in [5, 5.41) is 0. The number of hydrogen-bond acceptors (Lipinski definition) is 3. The molecule has 0 heterocycles. The highest BCUT2D eigenvalue weighted by Crippen LogP contribution is 1.95. The van der Waals surface area contributed by atoms with Gasteiger partial charge in [-0.15, -0.1) is 12.4 Å². The lowest BCUT2D eigenvalue weighted by atomic mass is 10.6. The third-order valence-corrected chi connectivity index (χ3v) is 1.99. The highest BCUT2D eigenvalue weighted by atomic mass is 35.5. The molecule has 0 unspecified atom stereocenters. The van der Waals surface area contributed by atoms with Crippen LogP contribution < -0.4 is 0 Å². The standard InChI is InChI=1S/C4H9NO4S.ClH/c1-3-5(4(2)6)10(7,8)9;/h3H2,1-2H3,(H,7,8,9);1H. The van der Waals surface area contributed by atoms with Crippen molar-refractivity contribution in [1.82, 2.24) is 4.31 Å². The SMILES string of the molecule is CCN(C(C)=O)S(=O)(=O)O.Cl. The van der Waals surface area contributed by atoms with Crippen LogP contribution in [0.15, 0.2) is 0 Å². The van der Waals surface area contributed by atoms with Gasteiger partial charge in [0.15, 0.2) is 0 Å². The molecule has 1 N–H and O–H groups in total. The van der Waals surface area contributed by atoms with Crippen molar-refractivity contribution in [1.29, 1.82) is 0 Å². The maximum absolute atomic E-state index is 10.4. The molecule has 0 aromatic carbocycles. The third-order valence-electron chi connectivity index (χ3n) is 0.917. The van der Waals surface area contributed by atoms with Crippen molar-refractivity contribution in [3.8, 4) is 0 Å². The van der Waals surface area contributed by atoms with Gasteiger partial charge in [-0.2, -0.15) is 8.42 Å². The average Bonchev–Trinajstić information content (AvgIpc) is 1.60. The third kappa shape index (κ3) is 4.18. The zero-order valence-electron chi connectivity index (χ0n) is 6.14. The normalized spacial score (nSPS) is 10.1. The number of nitrogens with zero attached hydrogens (tertiary/aromatic N) is 1. The fraction of sp³-hybridized carbons (Fsp3) is 0.750. The molecule has 0 saturated heterocycles. The maximum atomic E-state index is 10.4. The first kappa shape index (κ1) is 13.3. The summed E-state index contributed by atoms with van der Waals surface area (Å²) in [5.41, 5.74) is 0. The summed E-state index contributed by atoms with van der Waals surface area (Å²) in [6, 6.07) is 0. The van der Waals surface area contributed by atoms with Crippen molar-refractivity contribution in [3.63, 3.8) is 0 Å². The van der Waals surface area contributed by atoms with Crippen molar-refractivity contribution in [2.45, 2.75) is 13.8 Å². The second-order valence-electron chi connectivity index (χ2n) is 1.66. The summed E-state index contributed by atoms with van der Waals surface area (Å²) in [5.74, 6) is -0.690. The number of halogens is 1. The molecule has 68 valence electrons. The Morgan fingerprint density at radius 1 is 1.55 bits per heavy atom. The first-order valence-electron chi connectivity index (χ1n) is 2.65. The minimum absolute atomic E-state index is 0. The molecular formula is C4H10ClNO4S. The monoisotopic (exact) mass is 203 g/mol. The van der Waals surface area contributed by atoms with Crippen molar-refractivity contribution in [2.24, 2.45) is 0 Å². The van der Waals surface area contributed by atoms with E-state index in [0.29, 0.717) is 4.31 Å². The van der Waals surface area contributed by atoms with Gasteiger partial charge in [-0.1, -0.05) is 0 Å². The molecule has 0 radical (unpaired) electrons. The van der Waals surface area contributed by atoms with E-state index in [1.807, 2.05) is 0 Å². The number of hydrogen-bond donors (Lipinski definition) is 1. The fourth-order valence-corrected chi connectivity index (χ4v) is 1.20.